The van der Waals surface area contributed by atoms with Crippen LogP contribution in [0.5, 0.6) is 0 Å². The van der Waals surface area contributed by atoms with Crippen LogP contribution in [0.1, 0.15) is 40.7 Å². The standard InChI is InChI=1S/C22H29N3O3S/c1-17-6-10-20(11-7-17)24-29(27,28)21-16-19(9-8-18(21)2)22(26)23-12-5-15-25-13-3-4-14-25/h6-11,16,24H,3-5,12-15H2,1-2H3,(H,23,26). The summed E-state index contributed by atoms with van der Waals surface area (Å²) >= 11 is 0. The summed E-state index contributed by atoms with van der Waals surface area (Å²) in [5.74, 6) is -0.252. The average Bonchev–Trinajstić information content (AvgIpc) is 3.20. The van der Waals surface area contributed by atoms with E-state index < -0.39 is 10.0 Å². The fourth-order valence-corrected chi connectivity index (χ4v) is 4.81. The number of carbonyl (C=O) groups is 1. The van der Waals surface area contributed by atoms with Crippen LogP contribution in [-0.4, -0.2) is 45.4 Å². The molecule has 3 rings (SSSR count). The smallest absolute Gasteiger partial charge is 0.262 e. The lowest BCUT2D eigenvalue weighted by atomic mass is 10.1. The highest BCUT2D eigenvalue weighted by Gasteiger charge is 2.19. The zero-order valence-electron chi connectivity index (χ0n) is 17.1. The molecule has 6 nitrogen and oxygen atoms in total. The van der Waals surface area contributed by atoms with E-state index >= 15 is 0 Å². The molecular weight excluding hydrogens is 386 g/mol. The van der Waals surface area contributed by atoms with Crippen LogP contribution in [0.3, 0.4) is 0 Å². The molecule has 0 spiro atoms. The van der Waals surface area contributed by atoms with Gasteiger partial charge in [-0.2, -0.15) is 0 Å². The Hall–Kier alpha value is -2.38. The van der Waals surface area contributed by atoms with Crippen LogP contribution in [0.2, 0.25) is 0 Å². The van der Waals surface area contributed by atoms with Gasteiger partial charge in [0.05, 0.1) is 4.90 Å². The number of amides is 1. The van der Waals surface area contributed by atoms with Crippen molar-refractivity contribution in [3.8, 4) is 0 Å². The maximum atomic E-state index is 12.8. The molecule has 1 saturated heterocycles. The molecule has 1 heterocycles. The number of nitrogens with zero attached hydrogens (tertiary/aromatic N) is 1. The minimum absolute atomic E-state index is 0.114. The lowest BCUT2D eigenvalue weighted by molar-refractivity contribution is 0.0952. The summed E-state index contributed by atoms with van der Waals surface area (Å²) in [6, 6.07) is 11.9. The van der Waals surface area contributed by atoms with E-state index in [0.29, 0.717) is 23.4 Å². The fraction of sp³-hybridized carbons (Fsp3) is 0.409. The third-order valence-electron chi connectivity index (χ3n) is 5.18. The van der Waals surface area contributed by atoms with E-state index in [0.717, 1.165) is 31.6 Å². The van der Waals surface area contributed by atoms with E-state index in [1.54, 1.807) is 31.2 Å². The van der Waals surface area contributed by atoms with Crippen molar-refractivity contribution >= 4 is 21.6 Å². The molecule has 0 saturated carbocycles. The quantitative estimate of drug-likeness (QED) is 0.649. The van der Waals surface area contributed by atoms with E-state index in [1.165, 1.54) is 18.9 Å². The van der Waals surface area contributed by atoms with Crippen molar-refractivity contribution in [3.63, 3.8) is 0 Å². The minimum atomic E-state index is -3.79. The van der Waals surface area contributed by atoms with Crippen molar-refractivity contribution in [2.45, 2.75) is 38.0 Å². The molecule has 0 unspecified atom stereocenters. The Kier molecular flexibility index (Phi) is 6.92. The molecule has 1 aliphatic rings. The predicted octanol–water partition coefficient (Wildman–Crippen LogP) is 3.32. The van der Waals surface area contributed by atoms with E-state index in [9.17, 15) is 13.2 Å². The summed E-state index contributed by atoms with van der Waals surface area (Å²) in [6.07, 6.45) is 3.39. The van der Waals surface area contributed by atoms with Crippen LogP contribution < -0.4 is 10.0 Å². The van der Waals surface area contributed by atoms with Gasteiger partial charge >= 0.3 is 0 Å². The Morgan fingerprint density at radius 3 is 2.41 bits per heavy atom. The number of likely N-dealkylation sites (tertiary alicyclic amines) is 1. The Balaban J connectivity index is 1.64. The molecule has 156 valence electrons. The van der Waals surface area contributed by atoms with Crippen LogP contribution in [0.4, 0.5) is 5.69 Å². The van der Waals surface area contributed by atoms with Gasteiger partial charge in [0.15, 0.2) is 0 Å². The molecular formula is C22H29N3O3S. The first-order valence-corrected chi connectivity index (χ1v) is 11.5. The molecule has 1 aliphatic heterocycles. The third-order valence-corrected chi connectivity index (χ3v) is 6.70. The zero-order valence-corrected chi connectivity index (χ0v) is 17.9. The molecule has 0 bridgehead atoms. The Bertz CT molecular complexity index is 950. The molecule has 2 aromatic rings. The van der Waals surface area contributed by atoms with Crippen molar-refractivity contribution in [2.75, 3.05) is 30.9 Å². The minimum Gasteiger partial charge on any atom is -0.352 e. The molecule has 29 heavy (non-hydrogen) atoms. The number of carbonyl (C=O) groups excluding carboxylic acids is 1. The highest BCUT2D eigenvalue weighted by Crippen LogP contribution is 2.21. The van der Waals surface area contributed by atoms with Crippen molar-refractivity contribution in [2.24, 2.45) is 0 Å². The van der Waals surface area contributed by atoms with Gasteiger partial charge in [0.25, 0.3) is 15.9 Å². The zero-order chi connectivity index (χ0) is 20.9. The van der Waals surface area contributed by atoms with Crippen molar-refractivity contribution in [3.05, 3.63) is 59.2 Å². The normalized spacial score (nSPS) is 14.7. The van der Waals surface area contributed by atoms with Crippen LogP contribution in [0.15, 0.2) is 47.4 Å². The molecule has 1 fully saturated rings. The van der Waals surface area contributed by atoms with Crippen molar-refractivity contribution in [1.82, 2.24) is 10.2 Å². The van der Waals surface area contributed by atoms with Gasteiger partial charge in [0.1, 0.15) is 0 Å². The Morgan fingerprint density at radius 1 is 1.03 bits per heavy atom. The number of rotatable bonds is 8. The van der Waals surface area contributed by atoms with Gasteiger partial charge in [0.2, 0.25) is 0 Å². The summed E-state index contributed by atoms with van der Waals surface area (Å²) in [4.78, 5) is 15.0. The summed E-state index contributed by atoms with van der Waals surface area (Å²) in [5.41, 5.74) is 2.48. The van der Waals surface area contributed by atoms with Gasteiger partial charge in [-0.3, -0.25) is 9.52 Å². The highest BCUT2D eigenvalue weighted by molar-refractivity contribution is 7.92. The number of sulfonamides is 1. The lowest BCUT2D eigenvalue weighted by Crippen LogP contribution is -2.28. The first kappa shape index (κ1) is 21.3. The topological polar surface area (TPSA) is 78.5 Å². The molecule has 0 aliphatic carbocycles. The number of benzene rings is 2. The molecule has 0 radical (unpaired) electrons. The van der Waals surface area contributed by atoms with E-state index in [2.05, 4.69) is 14.9 Å². The largest absolute Gasteiger partial charge is 0.352 e. The van der Waals surface area contributed by atoms with Gasteiger partial charge in [-0.25, -0.2) is 8.42 Å². The first-order valence-electron chi connectivity index (χ1n) is 10.1. The Morgan fingerprint density at radius 2 is 1.72 bits per heavy atom. The fourth-order valence-electron chi connectivity index (χ4n) is 3.48. The van der Waals surface area contributed by atoms with Crippen molar-refractivity contribution in [1.29, 1.82) is 0 Å². The number of hydrogen-bond acceptors (Lipinski definition) is 4. The first-order chi connectivity index (χ1) is 13.8. The second-order valence-electron chi connectivity index (χ2n) is 7.61. The maximum Gasteiger partial charge on any atom is 0.262 e. The second kappa shape index (κ2) is 9.41. The van der Waals surface area contributed by atoms with Gasteiger partial charge in [-0.1, -0.05) is 23.8 Å². The number of hydrogen-bond donors (Lipinski definition) is 2. The van der Waals surface area contributed by atoms with Crippen LogP contribution in [-0.2, 0) is 10.0 Å². The summed E-state index contributed by atoms with van der Waals surface area (Å²) in [5, 5.41) is 2.90. The van der Waals surface area contributed by atoms with Gasteiger partial charge in [0, 0.05) is 17.8 Å². The van der Waals surface area contributed by atoms with Crippen LogP contribution in [0, 0.1) is 13.8 Å². The molecule has 7 heteroatoms. The summed E-state index contributed by atoms with van der Waals surface area (Å²) in [6.45, 7) is 7.50. The van der Waals surface area contributed by atoms with E-state index in [-0.39, 0.29) is 10.8 Å². The predicted molar refractivity (Wildman–Crippen MR) is 116 cm³/mol. The number of nitrogens with one attached hydrogen (secondary N) is 2. The van der Waals surface area contributed by atoms with E-state index in [1.807, 2.05) is 19.1 Å². The molecule has 0 aromatic heterocycles. The number of aryl methyl sites for hydroxylation is 2. The second-order valence-corrected chi connectivity index (χ2v) is 9.26. The van der Waals surface area contributed by atoms with Crippen LogP contribution >= 0.6 is 0 Å². The Labute approximate surface area is 173 Å². The lowest BCUT2D eigenvalue weighted by Gasteiger charge is -2.15. The summed E-state index contributed by atoms with van der Waals surface area (Å²) < 4.78 is 28.3. The highest BCUT2D eigenvalue weighted by atomic mass is 32.2. The third kappa shape index (κ3) is 5.81. The van der Waals surface area contributed by atoms with Gasteiger partial charge in [-0.05, 0) is 82.6 Å². The molecule has 1 amide bonds. The molecule has 0 atom stereocenters. The average molecular weight is 416 g/mol. The van der Waals surface area contributed by atoms with Gasteiger partial charge < -0.3 is 10.2 Å². The SMILES string of the molecule is Cc1ccc(NS(=O)(=O)c2cc(C(=O)NCCCN3CCCC3)ccc2C)cc1. The molecule has 2 aromatic carbocycles. The molecule has 2 N–H and O–H groups in total. The van der Waals surface area contributed by atoms with Gasteiger partial charge in [-0.15, -0.1) is 0 Å². The monoisotopic (exact) mass is 415 g/mol. The number of anilines is 1. The van der Waals surface area contributed by atoms with Crippen molar-refractivity contribution < 1.29 is 13.2 Å². The maximum absolute atomic E-state index is 12.8. The van der Waals surface area contributed by atoms with Crippen LogP contribution in [0.25, 0.3) is 0 Å². The van der Waals surface area contributed by atoms with E-state index in [4.69, 9.17) is 0 Å². The summed E-state index contributed by atoms with van der Waals surface area (Å²) in [7, 11) is -3.79.